The van der Waals surface area contributed by atoms with Crippen LogP contribution in [0.25, 0.3) is 0 Å². The summed E-state index contributed by atoms with van der Waals surface area (Å²) in [7, 11) is 0. The van der Waals surface area contributed by atoms with Crippen molar-refractivity contribution in [3.8, 4) is 5.75 Å². The number of rotatable bonds is 9. The highest BCUT2D eigenvalue weighted by Crippen LogP contribution is 2.30. The topological polar surface area (TPSA) is 9.23 Å². The Morgan fingerprint density at radius 3 is 2.17 bits per heavy atom. The lowest BCUT2D eigenvalue weighted by atomic mass is 9.80. The summed E-state index contributed by atoms with van der Waals surface area (Å²) in [6.07, 6.45) is 6.55. The first-order valence-electron chi connectivity index (χ1n) is 8.89. The first kappa shape index (κ1) is 17.6. The van der Waals surface area contributed by atoms with Crippen LogP contribution in [0.1, 0.15) is 64.0 Å². The molecule has 0 aliphatic carbocycles. The summed E-state index contributed by atoms with van der Waals surface area (Å²) >= 11 is 0. The van der Waals surface area contributed by atoms with E-state index in [0.29, 0.717) is 6.61 Å². The molecule has 0 saturated heterocycles. The normalized spacial score (nSPS) is 11.4. The van der Waals surface area contributed by atoms with E-state index in [9.17, 15) is 0 Å². The fourth-order valence-electron chi connectivity index (χ4n) is 2.88. The lowest BCUT2D eigenvalue weighted by Gasteiger charge is -2.25. The highest BCUT2D eigenvalue weighted by Gasteiger charge is 2.19. The predicted octanol–water partition coefficient (Wildman–Crippen LogP) is 6.51. The first-order chi connectivity index (χ1) is 11.1. The van der Waals surface area contributed by atoms with E-state index in [1.807, 2.05) is 18.2 Å². The summed E-state index contributed by atoms with van der Waals surface area (Å²) < 4.78 is 5.87. The Hall–Kier alpha value is -1.76. The van der Waals surface area contributed by atoms with Crippen molar-refractivity contribution in [1.82, 2.24) is 0 Å². The van der Waals surface area contributed by atoms with E-state index in [2.05, 4.69) is 57.2 Å². The van der Waals surface area contributed by atoms with E-state index >= 15 is 0 Å². The van der Waals surface area contributed by atoms with Crippen molar-refractivity contribution in [1.29, 1.82) is 0 Å². The molecule has 0 amide bonds. The van der Waals surface area contributed by atoms with Gasteiger partial charge in [0, 0.05) is 0 Å². The van der Waals surface area contributed by atoms with Crippen LogP contribution >= 0.6 is 0 Å². The number of hydrogen-bond donors (Lipinski definition) is 0. The van der Waals surface area contributed by atoms with Gasteiger partial charge in [0.2, 0.25) is 0 Å². The molecule has 1 heteroatoms. The number of hydrogen-bond acceptors (Lipinski definition) is 1. The lowest BCUT2D eigenvalue weighted by molar-refractivity contribution is 0.306. The molecular weight excluding hydrogens is 280 g/mol. The van der Waals surface area contributed by atoms with Crippen molar-refractivity contribution in [3.05, 3.63) is 65.7 Å². The molecule has 2 rings (SSSR count). The molecule has 0 saturated carbocycles. The average Bonchev–Trinajstić information content (AvgIpc) is 2.58. The third kappa shape index (κ3) is 5.74. The van der Waals surface area contributed by atoms with Crippen molar-refractivity contribution in [2.45, 2.75) is 64.9 Å². The minimum atomic E-state index is 0.242. The maximum atomic E-state index is 5.87. The largest absolute Gasteiger partial charge is 0.489 e. The van der Waals surface area contributed by atoms with Crippen LogP contribution in [0.4, 0.5) is 0 Å². The molecule has 0 bridgehead atoms. The zero-order valence-corrected chi connectivity index (χ0v) is 14.8. The maximum absolute atomic E-state index is 5.87. The molecule has 0 radical (unpaired) electrons. The summed E-state index contributed by atoms with van der Waals surface area (Å²) in [4.78, 5) is 0. The van der Waals surface area contributed by atoms with Gasteiger partial charge in [-0.25, -0.2) is 0 Å². The molecule has 0 aliphatic rings. The van der Waals surface area contributed by atoms with E-state index in [1.165, 1.54) is 43.2 Å². The molecule has 124 valence electrons. The molecule has 23 heavy (non-hydrogen) atoms. The zero-order chi connectivity index (χ0) is 16.5. The lowest BCUT2D eigenvalue weighted by Crippen LogP contribution is -2.16. The minimum Gasteiger partial charge on any atom is -0.489 e. The van der Waals surface area contributed by atoms with Gasteiger partial charge in [-0.2, -0.15) is 0 Å². The molecule has 0 N–H and O–H groups in total. The molecule has 0 unspecified atom stereocenters. The minimum absolute atomic E-state index is 0.242. The van der Waals surface area contributed by atoms with Crippen molar-refractivity contribution in [3.63, 3.8) is 0 Å². The van der Waals surface area contributed by atoms with Gasteiger partial charge in [0.25, 0.3) is 0 Å². The first-order valence-corrected chi connectivity index (χ1v) is 8.89. The smallest absolute Gasteiger partial charge is 0.119 e. The molecule has 0 heterocycles. The fourth-order valence-corrected chi connectivity index (χ4v) is 2.88. The highest BCUT2D eigenvalue weighted by molar-refractivity contribution is 5.31. The maximum Gasteiger partial charge on any atom is 0.119 e. The van der Waals surface area contributed by atoms with Gasteiger partial charge >= 0.3 is 0 Å². The van der Waals surface area contributed by atoms with E-state index in [4.69, 9.17) is 4.74 Å². The number of unbranched alkanes of at least 4 members (excludes halogenated alkanes) is 3. The molecular formula is C22H30O. The SMILES string of the molecule is CCCCCCC(C)(C)c1ccc(OCc2ccccc2)cc1. The van der Waals surface area contributed by atoms with Gasteiger partial charge in [0.15, 0.2) is 0 Å². The quantitative estimate of drug-likeness (QED) is 0.479. The molecule has 2 aromatic carbocycles. The van der Waals surface area contributed by atoms with Crippen LogP contribution in [0.15, 0.2) is 54.6 Å². The summed E-state index contributed by atoms with van der Waals surface area (Å²) in [6, 6.07) is 19.0. The third-order valence-corrected chi connectivity index (χ3v) is 4.54. The van der Waals surface area contributed by atoms with Gasteiger partial charge in [-0.1, -0.05) is 88.9 Å². The van der Waals surface area contributed by atoms with Gasteiger partial charge < -0.3 is 4.74 Å². The van der Waals surface area contributed by atoms with Gasteiger partial charge in [-0.3, -0.25) is 0 Å². The Morgan fingerprint density at radius 2 is 1.52 bits per heavy atom. The molecule has 0 fully saturated rings. The van der Waals surface area contributed by atoms with Crippen molar-refractivity contribution < 1.29 is 4.74 Å². The number of benzene rings is 2. The van der Waals surface area contributed by atoms with Crippen molar-refractivity contribution in [2.75, 3.05) is 0 Å². The highest BCUT2D eigenvalue weighted by atomic mass is 16.5. The van der Waals surface area contributed by atoms with Crippen LogP contribution in [-0.4, -0.2) is 0 Å². The fraction of sp³-hybridized carbons (Fsp3) is 0.455. The van der Waals surface area contributed by atoms with E-state index in [1.54, 1.807) is 0 Å². The Bertz CT molecular complexity index is 554. The molecule has 0 spiro atoms. The van der Waals surface area contributed by atoms with Crippen LogP contribution in [0.5, 0.6) is 5.75 Å². The van der Waals surface area contributed by atoms with Gasteiger partial charge in [0.1, 0.15) is 12.4 Å². The molecule has 0 aromatic heterocycles. The van der Waals surface area contributed by atoms with Crippen LogP contribution in [-0.2, 0) is 12.0 Å². The second-order valence-corrected chi connectivity index (χ2v) is 6.99. The second-order valence-electron chi connectivity index (χ2n) is 6.99. The Morgan fingerprint density at radius 1 is 0.826 bits per heavy atom. The summed E-state index contributed by atoms with van der Waals surface area (Å²) in [5.74, 6) is 0.944. The van der Waals surface area contributed by atoms with E-state index in [-0.39, 0.29) is 5.41 Å². The summed E-state index contributed by atoms with van der Waals surface area (Å²) in [5, 5.41) is 0. The molecule has 0 atom stereocenters. The van der Waals surface area contributed by atoms with Crippen LogP contribution in [0.2, 0.25) is 0 Å². The Balaban J connectivity index is 1.88. The van der Waals surface area contributed by atoms with E-state index in [0.717, 1.165) is 5.75 Å². The van der Waals surface area contributed by atoms with Crippen molar-refractivity contribution >= 4 is 0 Å². The Kier molecular flexibility index (Phi) is 6.70. The molecule has 0 aliphatic heterocycles. The van der Waals surface area contributed by atoms with Crippen LogP contribution in [0, 0.1) is 0 Å². The van der Waals surface area contributed by atoms with Crippen molar-refractivity contribution in [2.24, 2.45) is 0 Å². The number of ether oxygens (including phenoxy) is 1. The van der Waals surface area contributed by atoms with Crippen LogP contribution < -0.4 is 4.74 Å². The van der Waals surface area contributed by atoms with Gasteiger partial charge in [0.05, 0.1) is 0 Å². The second kappa shape index (κ2) is 8.76. The van der Waals surface area contributed by atoms with Gasteiger partial charge in [-0.05, 0) is 35.1 Å². The van der Waals surface area contributed by atoms with Crippen LogP contribution in [0.3, 0.4) is 0 Å². The summed E-state index contributed by atoms with van der Waals surface area (Å²) in [5.41, 5.74) is 2.85. The standard InChI is InChI=1S/C22H30O/c1-4-5-6-10-17-22(2,3)20-13-15-21(16-14-20)23-18-19-11-8-7-9-12-19/h7-9,11-16H,4-6,10,17-18H2,1-3H3. The monoisotopic (exact) mass is 310 g/mol. The zero-order valence-electron chi connectivity index (χ0n) is 14.8. The Labute approximate surface area is 141 Å². The average molecular weight is 310 g/mol. The third-order valence-electron chi connectivity index (χ3n) is 4.54. The molecule has 2 aromatic rings. The van der Waals surface area contributed by atoms with E-state index < -0.39 is 0 Å². The predicted molar refractivity (Wildman–Crippen MR) is 99.0 cm³/mol. The molecule has 1 nitrogen and oxygen atoms in total. The summed E-state index contributed by atoms with van der Waals surface area (Å²) in [6.45, 7) is 7.58. The van der Waals surface area contributed by atoms with Gasteiger partial charge in [-0.15, -0.1) is 0 Å².